The molecule has 0 radical (unpaired) electrons. The molecule has 3 N–H and O–H groups in total. The third-order valence-corrected chi connectivity index (χ3v) is 6.20. The first-order chi connectivity index (χ1) is 16.2. The molecule has 0 atom stereocenters. The Balaban J connectivity index is 1.24. The standard InChI is InChI=1S/C25H27ClN6O/c1-17-16-28-25(31-24(17)30-22-9-8-21(26)23-20(22)10-11-27-23)29-18-4-6-19(7-5-18)33-15-14-32-12-2-3-13-32/h4-11,16,27H,2-3,12-15H2,1H3,(H2,28,29,30,31). The third-order valence-electron chi connectivity index (χ3n) is 5.88. The van der Waals surface area contributed by atoms with Crippen molar-refractivity contribution in [2.24, 2.45) is 0 Å². The Labute approximate surface area is 198 Å². The molecule has 1 fully saturated rings. The molecule has 0 aliphatic carbocycles. The van der Waals surface area contributed by atoms with Crippen molar-refractivity contribution in [3.05, 3.63) is 65.4 Å². The first kappa shape index (κ1) is 21.6. The van der Waals surface area contributed by atoms with Gasteiger partial charge in [-0.25, -0.2) is 4.98 Å². The van der Waals surface area contributed by atoms with Gasteiger partial charge in [0.15, 0.2) is 0 Å². The number of anilines is 4. The lowest BCUT2D eigenvalue weighted by Gasteiger charge is -2.15. The molecule has 3 heterocycles. The molecule has 1 aliphatic heterocycles. The van der Waals surface area contributed by atoms with Crippen LogP contribution in [0.2, 0.25) is 5.02 Å². The van der Waals surface area contributed by atoms with E-state index in [1.54, 1.807) is 6.20 Å². The Hall–Kier alpha value is -3.29. The van der Waals surface area contributed by atoms with Crippen molar-refractivity contribution in [2.75, 3.05) is 36.9 Å². The molecule has 0 unspecified atom stereocenters. The lowest BCUT2D eigenvalue weighted by Crippen LogP contribution is -2.25. The fourth-order valence-electron chi connectivity index (χ4n) is 4.05. The highest BCUT2D eigenvalue weighted by Crippen LogP contribution is 2.31. The first-order valence-corrected chi connectivity index (χ1v) is 11.6. The van der Waals surface area contributed by atoms with Gasteiger partial charge < -0.3 is 20.4 Å². The van der Waals surface area contributed by atoms with E-state index in [-0.39, 0.29) is 0 Å². The smallest absolute Gasteiger partial charge is 0.229 e. The maximum atomic E-state index is 6.28. The number of nitrogens with one attached hydrogen (secondary N) is 3. The van der Waals surface area contributed by atoms with Crippen LogP contribution in [0.25, 0.3) is 10.9 Å². The number of H-pyrrole nitrogens is 1. The number of hydrogen-bond acceptors (Lipinski definition) is 6. The highest BCUT2D eigenvalue weighted by molar-refractivity contribution is 6.35. The van der Waals surface area contributed by atoms with Gasteiger partial charge in [-0.1, -0.05) is 11.6 Å². The molecule has 0 bridgehead atoms. The molecule has 0 saturated carbocycles. The molecule has 33 heavy (non-hydrogen) atoms. The van der Waals surface area contributed by atoms with Crippen LogP contribution in [0.15, 0.2) is 54.9 Å². The van der Waals surface area contributed by atoms with Crippen LogP contribution in [0.3, 0.4) is 0 Å². The second-order valence-corrected chi connectivity index (χ2v) is 8.67. The van der Waals surface area contributed by atoms with Crippen LogP contribution < -0.4 is 15.4 Å². The number of benzene rings is 2. The normalized spacial score (nSPS) is 14.0. The summed E-state index contributed by atoms with van der Waals surface area (Å²) in [6.45, 7) is 6.05. The minimum Gasteiger partial charge on any atom is -0.492 e. The predicted octanol–water partition coefficient (Wildman–Crippen LogP) is 5.88. The summed E-state index contributed by atoms with van der Waals surface area (Å²) in [5.41, 5.74) is 3.67. The van der Waals surface area contributed by atoms with Crippen molar-refractivity contribution < 1.29 is 4.74 Å². The molecule has 1 saturated heterocycles. The van der Waals surface area contributed by atoms with Gasteiger partial charge in [-0.15, -0.1) is 0 Å². The van der Waals surface area contributed by atoms with E-state index in [0.717, 1.165) is 46.0 Å². The number of fused-ring (bicyclic) bond motifs is 1. The Morgan fingerprint density at radius 2 is 1.88 bits per heavy atom. The third kappa shape index (κ3) is 5.05. The SMILES string of the molecule is Cc1cnc(Nc2ccc(OCCN3CCCC3)cc2)nc1Nc1ccc(Cl)c2[nH]ccc12. The molecule has 2 aromatic carbocycles. The minimum atomic E-state index is 0.519. The molecule has 170 valence electrons. The maximum absolute atomic E-state index is 6.28. The summed E-state index contributed by atoms with van der Waals surface area (Å²) in [6, 6.07) is 13.7. The average molecular weight is 463 g/mol. The number of hydrogen-bond donors (Lipinski definition) is 3. The zero-order chi connectivity index (χ0) is 22.6. The van der Waals surface area contributed by atoms with Gasteiger partial charge in [0.1, 0.15) is 18.2 Å². The summed E-state index contributed by atoms with van der Waals surface area (Å²) >= 11 is 6.28. The van der Waals surface area contributed by atoms with Gasteiger partial charge in [0.05, 0.1) is 10.5 Å². The maximum Gasteiger partial charge on any atom is 0.229 e. The molecule has 5 rings (SSSR count). The van der Waals surface area contributed by atoms with Gasteiger partial charge in [-0.05, 0) is 75.3 Å². The van der Waals surface area contributed by atoms with Gasteiger partial charge in [0, 0.05) is 41.3 Å². The fraction of sp³-hybridized carbons (Fsp3) is 0.280. The topological polar surface area (TPSA) is 78.1 Å². The summed E-state index contributed by atoms with van der Waals surface area (Å²) in [5.74, 6) is 2.12. The summed E-state index contributed by atoms with van der Waals surface area (Å²) in [4.78, 5) is 14.7. The van der Waals surface area contributed by atoms with Crippen LogP contribution in [0.1, 0.15) is 18.4 Å². The molecule has 4 aromatic rings. The largest absolute Gasteiger partial charge is 0.492 e. The van der Waals surface area contributed by atoms with Crippen LogP contribution in [-0.2, 0) is 0 Å². The van der Waals surface area contributed by atoms with Gasteiger partial charge in [0.2, 0.25) is 5.95 Å². The summed E-state index contributed by atoms with van der Waals surface area (Å²) in [7, 11) is 0. The quantitative estimate of drug-likeness (QED) is 0.303. The number of aryl methyl sites for hydroxylation is 1. The second-order valence-electron chi connectivity index (χ2n) is 8.26. The summed E-state index contributed by atoms with van der Waals surface area (Å²) in [6.07, 6.45) is 6.28. The molecule has 0 amide bonds. The van der Waals surface area contributed by atoms with Crippen LogP contribution in [0, 0.1) is 6.92 Å². The monoisotopic (exact) mass is 462 g/mol. The van der Waals surface area contributed by atoms with Gasteiger partial charge >= 0.3 is 0 Å². The number of ether oxygens (including phenoxy) is 1. The number of aromatic nitrogens is 3. The van der Waals surface area contributed by atoms with E-state index >= 15 is 0 Å². The first-order valence-electron chi connectivity index (χ1n) is 11.2. The Kier molecular flexibility index (Phi) is 6.32. The van der Waals surface area contributed by atoms with E-state index in [0.29, 0.717) is 17.6 Å². The van der Waals surface area contributed by atoms with E-state index in [1.165, 1.54) is 25.9 Å². The lowest BCUT2D eigenvalue weighted by atomic mass is 10.2. The molecule has 7 nitrogen and oxygen atoms in total. The number of nitrogens with zero attached hydrogens (tertiary/aromatic N) is 3. The van der Waals surface area contributed by atoms with Crippen LogP contribution >= 0.6 is 11.6 Å². The van der Waals surface area contributed by atoms with E-state index in [1.807, 2.05) is 55.6 Å². The predicted molar refractivity (Wildman–Crippen MR) is 134 cm³/mol. The second kappa shape index (κ2) is 9.68. The number of likely N-dealkylation sites (tertiary alicyclic amines) is 1. The number of halogens is 1. The number of rotatable bonds is 8. The average Bonchev–Trinajstić information content (AvgIpc) is 3.52. The minimum absolute atomic E-state index is 0.519. The van der Waals surface area contributed by atoms with Crippen molar-refractivity contribution in [1.29, 1.82) is 0 Å². The van der Waals surface area contributed by atoms with Gasteiger partial charge in [0.25, 0.3) is 0 Å². The lowest BCUT2D eigenvalue weighted by molar-refractivity contribution is 0.238. The van der Waals surface area contributed by atoms with E-state index in [2.05, 4.69) is 30.5 Å². The Morgan fingerprint density at radius 3 is 2.70 bits per heavy atom. The highest BCUT2D eigenvalue weighted by atomic mass is 35.5. The summed E-state index contributed by atoms with van der Waals surface area (Å²) < 4.78 is 5.89. The van der Waals surface area contributed by atoms with E-state index in [4.69, 9.17) is 16.3 Å². The van der Waals surface area contributed by atoms with Crippen molar-refractivity contribution in [1.82, 2.24) is 19.9 Å². The van der Waals surface area contributed by atoms with Gasteiger partial charge in [-0.3, -0.25) is 4.90 Å². The molecule has 2 aromatic heterocycles. The molecule has 1 aliphatic rings. The van der Waals surface area contributed by atoms with Crippen LogP contribution in [-0.4, -0.2) is 46.1 Å². The Morgan fingerprint density at radius 1 is 1.06 bits per heavy atom. The zero-order valence-electron chi connectivity index (χ0n) is 18.6. The van der Waals surface area contributed by atoms with E-state index in [9.17, 15) is 0 Å². The van der Waals surface area contributed by atoms with Gasteiger partial charge in [-0.2, -0.15) is 4.98 Å². The number of aromatic amines is 1. The van der Waals surface area contributed by atoms with Crippen LogP contribution in [0.4, 0.5) is 23.1 Å². The summed E-state index contributed by atoms with van der Waals surface area (Å²) in [5, 5.41) is 8.39. The fourth-order valence-corrected chi connectivity index (χ4v) is 4.27. The van der Waals surface area contributed by atoms with E-state index < -0.39 is 0 Å². The van der Waals surface area contributed by atoms with Crippen molar-refractivity contribution >= 4 is 45.6 Å². The highest BCUT2D eigenvalue weighted by Gasteiger charge is 2.11. The molecule has 8 heteroatoms. The van der Waals surface area contributed by atoms with Crippen molar-refractivity contribution in [2.45, 2.75) is 19.8 Å². The molecular weight excluding hydrogens is 436 g/mol. The molecule has 0 spiro atoms. The zero-order valence-corrected chi connectivity index (χ0v) is 19.3. The van der Waals surface area contributed by atoms with Crippen LogP contribution in [0.5, 0.6) is 5.75 Å². The Bertz CT molecular complexity index is 1230. The van der Waals surface area contributed by atoms with Crippen molar-refractivity contribution in [3.8, 4) is 5.75 Å². The molecular formula is C25H27ClN6O. The van der Waals surface area contributed by atoms with Crippen molar-refractivity contribution in [3.63, 3.8) is 0 Å².